The summed E-state index contributed by atoms with van der Waals surface area (Å²) in [6, 6.07) is 17.0. The molecule has 0 atom stereocenters. The van der Waals surface area contributed by atoms with Crippen molar-refractivity contribution < 1.29 is 4.79 Å². The van der Waals surface area contributed by atoms with Gasteiger partial charge in [-0.25, -0.2) is 4.68 Å². The van der Waals surface area contributed by atoms with Crippen molar-refractivity contribution in [1.29, 1.82) is 0 Å². The van der Waals surface area contributed by atoms with Crippen LogP contribution in [-0.4, -0.2) is 34.8 Å². The second-order valence-electron chi connectivity index (χ2n) is 5.84. The highest BCUT2D eigenvalue weighted by molar-refractivity contribution is 5.93. The van der Waals surface area contributed by atoms with E-state index < -0.39 is 5.91 Å². The molecule has 128 valence electrons. The van der Waals surface area contributed by atoms with E-state index in [1.165, 1.54) is 0 Å². The average molecular weight is 336 g/mol. The van der Waals surface area contributed by atoms with E-state index >= 15 is 0 Å². The largest absolute Gasteiger partial charge is 0.366 e. The number of amides is 1. The van der Waals surface area contributed by atoms with Gasteiger partial charge in [0.2, 0.25) is 17.8 Å². The average Bonchev–Trinajstić information content (AvgIpc) is 2.98. The lowest BCUT2D eigenvalue weighted by molar-refractivity contribution is 0.100. The van der Waals surface area contributed by atoms with Crippen molar-refractivity contribution in [2.24, 2.45) is 5.73 Å². The number of anilines is 3. The number of nitrogens with one attached hydrogen (secondary N) is 1. The fourth-order valence-corrected chi connectivity index (χ4v) is 2.46. The smallest absolute Gasteiger partial charge is 0.248 e. The highest BCUT2D eigenvalue weighted by Crippen LogP contribution is 2.19. The zero-order valence-corrected chi connectivity index (χ0v) is 14.2. The maximum atomic E-state index is 11.3. The number of hydrogen-bond donors (Lipinski definition) is 2. The predicted molar refractivity (Wildman–Crippen MR) is 98.1 cm³/mol. The molecule has 1 heterocycles. The third-order valence-electron chi connectivity index (χ3n) is 3.63. The molecule has 25 heavy (non-hydrogen) atoms. The first-order valence-corrected chi connectivity index (χ1v) is 7.86. The van der Waals surface area contributed by atoms with Crippen molar-refractivity contribution in [3.05, 3.63) is 65.7 Å². The standard InChI is InChI=1S/C18H20N6O/c1-23(2)18-21-17(20-15-10-6-9-14(11-15)16(19)25)22-24(18)12-13-7-4-3-5-8-13/h3-11H,12H2,1-2H3,(H2,19,25)(H,20,22). The normalized spacial score (nSPS) is 10.5. The van der Waals surface area contributed by atoms with Crippen LogP contribution in [0.2, 0.25) is 0 Å². The third-order valence-corrected chi connectivity index (χ3v) is 3.63. The monoisotopic (exact) mass is 336 g/mol. The lowest BCUT2D eigenvalue weighted by Gasteiger charge is -2.12. The Morgan fingerprint density at radius 2 is 1.92 bits per heavy atom. The minimum absolute atomic E-state index is 0.432. The summed E-state index contributed by atoms with van der Waals surface area (Å²) in [5.41, 5.74) is 7.60. The molecule has 1 aromatic heterocycles. The molecule has 0 unspecified atom stereocenters. The van der Waals surface area contributed by atoms with Crippen molar-refractivity contribution in [3.8, 4) is 0 Å². The van der Waals surface area contributed by atoms with E-state index in [9.17, 15) is 4.79 Å². The maximum Gasteiger partial charge on any atom is 0.248 e. The highest BCUT2D eigenvalue weighted by Gasteiger charge is 2.13. The summed E-state index contributed by atoms with van der Waals surface area (Å²) in [7, 11) is 3.84. The van der Waals surface area contributed by atoms with Crippen LogP contribution in [0.5, 0.6) is 0 Å². The van der Waals surface area contributed by atoms with Crippen LogP contribution in [0.1, 0.15) is 15.9 Å². The van der Waals surface area contributed by atoms with Gasteiger partial charge in [0.15, 0.2) is 0 Å². The quantitative estimate of drug-likeness (QED) is 0.720. The molecule has 0 aliphatic rings. The molecule has 0 aliphatic heterocycles. The Morgan fingerprint density at radius 3 is 2.60 bits per heavy atom. The van der Waals surface area contributed by atoms with Gasteiger partial charge in [0.05, 0.1) is 6.54 Å². The van der Waals surface area contributed by atoms with E-state index in [1.807, 2.05) is 60.1 Å². The van der Waals surface area contributed by atoms with Gasteiger partial charge >= 0.3 is 0 Å². The van der Waals surface area contributed by atoms with E-state index in [4.69, 9.17) is 5.73 Å². The van der Waals surface area contributed by atoms with Crippen molar-refractivity contribution in [1.82, 2.24) is 14.8 Å². The van der Waals surface area contributed by atoms with Crippen LogP contribution in [0.4, 0.5) is 17.6 Å². The van der Waals surface area contributed by atoms with Crippen LogP contribution in [-0.2, 0) is 6.54 Å². The van der Waals surface area contributed by atoms with Crippen LogP contribution in [0, 0.1) is 0 Å². The van der Waals surface area contributed by atoms with E-state index in [1.54, 1.807) is 18.2 Å². The SMILES string of the molecule is CN(C)c1nc(Nc2cccc(C(N)=O)c2)nn1Cc1ccccc1. The highest BCUT2D eigenvalue weighted by atomic mass is 16.1. The first-order chi connectivity index (χ1) is 12.0. The van der Waals surface area contributed by atoms with Gasteiger partial charge in [-0.3, -0.25) is 4.79 Å². The van der Waals surface area contributed by atoms with Crippen molar-refractivity contribution in [2.75, 3.05) is 24.3 Å². The minimum atomic E-state index is -0.472. The molecular formula is C18H20N6O. The second kappa shape index (κ2) is 7.04. The fourth-order valence-electron chi connectivity index (χ4n) is 2.46. The molecule has 1 amide bonds. The van der Waals surface area contributed by atoms with Gasteiger partial charge in [-0.05, 0) is 23.8 Å². The van der Waals surface area contributed by atoms with Gasteiger partial charge < -0.3 is 16.0 Å². The zero-order chi connectivity index (χ0) is 17.8. The van der Waals surface area contributed by atoms with Crippen molar-refractivity contribution in [2.45, 2.75) is 6.54 Å². The molecule has 7 nitrogen and oxygen atoms in total. The number of carbonyl (C=O) groups is 1. The molecule has 7 heteroatoms. The van der Waals surface area contributed by atoms with E-state index in [0.717, 1.165) is 11.5 Å². The number of nitrogens with zero attached hydrogens (tertiary/aromatic N) is 4. The lowest BCUT2D eigenvalue weighted by Crippen LogP contribution is -2.16. The Bertz CT molecular complexity index is 872. The van der Waals surface area contributed by atoms with Gasteiger partial charge in [0, 0.05) is 25.3 Å². The van der Waals surface area contributed by atoms with Crippen LogP contribution < -0.4 is 16.0 Å². The summed E-state index contributed by atoms with van der Waals surface area (Å²) < 4.78 is 1.83. The Morgan fingerprint density at radius 1 is 1.16 bits per heavy atom. The van der Waals surface area contributed by atoms with Crippen molar-refractivity contribution >= 4 is 23.5 Å². The molecule has 2 aromatic carbocycles. The first kappa shape index (κ1) is 16.5. The van der Waals surface area contributed by atoms with Gasteiger partial charge in [0.25, 0.3) is 0 Å². The first-order valence-electron chi connectivity index (χ1n) is 7.86. The third kappa shape index (κ3) is 3.95. The molecule has 0 spiro atoms. The molecule has 3 N–H and O–H groups in total. The summed E-state index contributed by atoms with van der Waals surface area (Å²) in [5, 5.41) is 7.66. The number of primary amides is 1. The number of hydrogen-bond acceptors (Lipinski definition) is 5. The second-order valence-corrected chi connectivity index (χ2v) is 5.84. The fraction of sp³-hybridized carbons (Fsp3) is 0.167. The summed E-state index contributed by atoms with van der Waals surface area (Å²) in [6.45, 7) is 0.615. The molecule has 0 saturated carbocycles. The van der Waals surface area contributed by atoms with Gasteiger partial charge in [-0.1, -0.05) is 36.4 Å². The van der Waals surface area contributed by atoms with Gasteiger partial charge in [0.1, 0.15) is 0 Å². The Kier molecular flexibility index (Phi) is 4.65. The van der Waals surface area contributed by atoms with Crippen molar-refractivity contribution in [3.63, 3.8) is 0 Å². The van der Waals surface area contributed by atoms with Crippen LogP contribution in [0.25, 0.3) is 0 Å². The Hall–Kier alpha value is -3.35. The number of aromatic nitrogens is 3. The number of carbonyl (C=O) groups excluding carboxylic acids is 1. The molecule has 3 aromatic rings. The van der Waals surface area contributed by atoms with Crippen LogP contribution >= 0.6 is 0 Å². The lowest BCUT2D eigenvalue weighted by atomic mass is 10.2. The van der Waals surface area contributed by atoms with Gasteiger partial charge in [-0.2, -0.15) is 4.98 Å². The topological polar surface area (TPSA) is 89.1 Å². The summed E-state index contributed by atoms with van der Waals surface area (Å²) in [4.78, 5) is 17.7. The molecule has 0 radical (unpaired) electrons. The van der Waals surface area contributed by atoms with E-state index in [0.29, 0.717) is 23.7 Å². The van der Waals surface area contributed by atoms with E-state index in [-0.39, 0.29) is 0 Å². The zero-order valence-electron chi connectivity index (χ0n) is 14.2. The summed E-state index contributed by atoms with van der Waals surface area (Å²) >= 11 is 0. The molecule has 0 fully saturated rings. The van der Waals surface area contributed by atoms with E-state index in [2.05, 4.69) is 15.4 Å². The Labute approximate surface area is 146 Å². The van der Waals surface area contributed by atoms with Gasteiger partial charge in [-0.15, -0.1) is 5.10 Å². The molecular weight excluding hydrogens is 316 g/mol. The minimum Gasteiger partial charge on any atom is -0.366 e. The molecule has 3 rings (SSSR count). The molecule has 0 bridgehead atoms. The Balaban J connectivity index is 1.86. The maximum absolute atomic E-state index is 11.3. The molecule has 0 saturated heterocycles. The molecule has 0 aliphatic carbocycles. The van der Waals surface area contributed by atoms with Crippen LogP contribution in [0.15, 0.2) is 54.6 Å². The summed E-state index contributed by atoms with van der Waals surface area (Å²) in [5.74, 6) is 0.721. The predicted octanol–water partition coefficient (Wildman–Crippen LogP) is 2.23. The number of nitrogens with two attached hydrogens (primary N) is 1. The number of rotatable bonds is 6. The summed E-state index contributed by atoms with van der Waals surface area (Å²) in [6.07, 6.45) is 0. The van der Waals surface area contributed by atoms with Crippen LogP contribution in [0.3, 0.4) is 0 Å². The number of benzene rings is 2.